The van der Waals surface area contributed by atoms with E-state index in [0.717, 1.165) is 30.7 Å². The number of esters is 2. The Morgan fingerprint density at radius 2 is 1.49 bits per heavy atom. The van der Waals surface area contributed by atoms with Gasteiger partial charge in [0, 0.05) is 13.5 Å². The molecule has 5 fully saturated rings. The van der Waals surface area contributed by atoms with E-state index in [1.165, 1.54) is 69.8 Å². The van der Waals surface area contributed by atoms with E-state index in [1.54, 1.807) is 0 Å². The van der Waals surface area contributed by atoms with Gasteiger partial charge in [-0.2, -0.15) is 0 Å². The molecule has 5 saturated carbocycles. The monoisotopic (exact) mass is 697 g/mol. The molecular formula is C44H76O4Si. The Morgan fingerprint density at radius 3 is 2.12 bits per heavy atom. The third-order valence-electron chi connectivity index (χ3n) is 16.6. The SMILES string of the molecule is C=C(C)[C@@H]1CC[C@]2(CCC)CC[C@]3(C)C(CCC4[C@@]5(C)CC[C@H](OC(=O)CC(C)(C)CC(=O)OCC[Si](C)(C)C)C(C)(C)C5CC[C@]43C)C12. The molecule has 0 saturated heterocycles. The van der Waals surface area contributed by atoms with Crippen LogP contribution in [0.4, 0.5) is 0 Å². The lowest BCUT2D eigenvalue weighted by molar-refractivity contribution is -0.250. The molecule has 0 aromatic heterocycles. The van der Waals surface area contributed by atoms with E-state index in [-0.39, 0.29) is 41.7 Å². The van der Waals surface area contributed by atoms with Crippen LogP contribution in [0.15, 0.2) is 12.2 Å². The van der Waals surface area contributed by atoms with Gasteiger partial charge in [-0.25, -0.2) is 0 Å². The van der Waals surface area contributed by atoms with Crippen molar-refractivity contribution in [1.82, 2.24) is 0 Å². The summed E-state index contributed by atoms with van der Waals surface area (Å²) in [5, 5.41) is 0. The van der Waals surface area contributed by atoms with E-state index in [1.807, 2.05) is 13.8 Å². The number of carbonyl (C=O) groups excluding carboxylic acids is 2. The zero-order valence-corrected chi connectivity index (χ0v) is 35.1. The smallest absolute Gasteiger partial charge is 0.306 e. The summed E-state index contributed by atoms with van der Waals surface area (Å²) in [6, 6.07) is 0.966. The average molecular weight is 697 g/mol. The Bertz CT molecular complexity index is 1260. The molecule has 49 heavy (non-hydrogen) atoms. The number of hydrogen-bond acceptors (Lipinski definition) is 4. The highest BCUT2D eigenvalue weighted by Crippen LogP contribution is 2.78. The molecule has 10 atom stereocenters. The Balaban J connectivity index is 1.28. The van der Waals surface area contributed by atoms with Gasteiger partial charge in [0.1, 0.15) is 6.10 Å². The lowest BCUT2D eigenvalue weighted by Gasteiger charge is -2.73. The summed E-state index contributed by atoms with van der Waals surface area (Å²) >= 11 is 0. The lowest BCUT2D eigenvalue weighted by atomic mass is 9.32. The van der Waals surface area contributed by atoms with Gasteiger partial charge in [0.2, 0.25) is 0 Å². The predicted octanol–water partition coefficient (Wildman–Crippen LogP) is 12.0. The van der Waals surface area contributed by atoms with Crippen molar-refractivity contribution in [2.24, 2.45) is 62.1 Å². The first-order chi connectivity index (χ1) is 22.6. The maximum Gasteiger partial charge on any atom is 0.306 e. The molecule has 0 aromatic carbocycles. The zero-order valence-electron chi connectivity index (χ0n) is 34.1. The van der Waals surface area contributed by atoms with Gasteiger partial charge < -0.3 is 9.47 Å². The second-order valence-electron chi connectivity index (χ2n) is 21.7. The van der Waals surface area contributed by atoms with Crippen LogP contribution in [-0.2, 0) is 19.1 Å². The van der Waals surface area contributed by atoms with E-state index in [0.29, 0.717) is 40.6 Å². The number of hydrogen-bond donors (Lipinski definition) is 0. The Morgan fingerprint density at radius 1 is 0.816 bits per heavy atom. The average Bonchev–Trinajstić information content (AvgIpc) is 3.33. The summed E-state index contributed by atoms with van der Waals surface area (Å²) in [5.74, 6) is 3.23. The molecule has 0 spiro atoms. The van der Waals surface area contributed by atoms with E-state index in [2.05, 4.69) is 74.7 Å². The fraction of sp³-hybridized carbons (Fsp3) is 0.909. The molecule has 0 amide bonds. The lowest BCUT2D eigenvalue weighted by Crippen LogP contribution is -2.66. The van der Waals surface area contributed by atoms with Gasteiger partial charge in [0.25, 0.3) is 0 Å². The topological polar surface area (TPSA) is 52.6 Å². The molecule has 4 unspecified atom stereocenters. The molecule has 5 aliphatic carbocycles. The van der Waals surface area contributed by atoms with Crippen LogP contribution in [0, 0.1) is 62.1 Å². The van der Waals surface area contributed by atoms with Gasteiger partial charge in [-0.15, -0.1) is 0 Å². The van der Waals surface area contributed by atoms with E-state index < -0.39 is 13.5 Å². The highest BCUT2D eigenvalue weighted by molar-refractivity contribution is 6.76. The van der Waals surface area contributed by atoms with Crippen LogP contribution in [-0.4, -0.2) is 32.7 Å². The first kappa shape index (κ1) is 39.1. The third kappa shape index (κ3) is 6.92. The number of ether oxygens (including phenoxy) is 2. The van der Waals surface area contributed by atoms with Crippen LogP contribution >= 0.6 is 0 Å². The normalized spacial score (nSPS) is 41.5. The summed E-state index contributed by atoms with van der Waals surface area (Å²) in [6.07, 6.45) is 16.1. The maximum atomic E-state index is 13.5. The minimum absolute atomic E-state index is 0.0759. The molecule has 0 bridgehead atoms. The third-order valence-corrected chi connectivity index (χ3v) is 18.3. The minimum atomic E-state index is -1.26. The summed E-state index contributed by atoms with van der Waals surface area (Å²) < 4.78 is 12.0. The van der Waals surface area contributed by atoms with E-state index >= 15 is 0 Å². The van der Waals surface area contributed by atoms with Crippen LogP contribution < -0.4 is 0 Å². The Labute approximate surface area is 303 Å². The molecule has 0 aliphatic heterocycles. The van der Waals surface area contributed by atoms with Crippen molar-refractivity contribution in [2.45, 2.75) is 184 Å². The van der Waals surface area contributed by atoms with Gasteiger partial charge in [0.05, 0.1) is 19.4 Å². The van der Waals surface area contributed by atoms with Crippen LogP contribution in [0.3, 0.4) is 0 Å². The van der Waals surface area contributed by atoms with Crippen molar-refractivity contribution in [3.8, 4) is 0 Å². The van der Waals surface area contributed by atoms with Gasteiger partial charge in [-0.1, -0.05) is 93.6 Å². The molecule has 5 rings (SSSR count). The Hall–Kier alpha value is -1.10. The quantitative estimate of drug-likeness (QED) is 0.123. The molecule has 5 heteroatoms. The fourth-order valence-electron chi connectivity index (χ4n) is 14.0. The standard InChI is InChI=1S/C44H76O4Si/c1-14-20-44-23-17-31(30(2)3)38(44)32-15-16-34-41(8)21-19-35(40(6,7)33(41)18-22-43(34,10)42(32,9)24-25-44)48-37(46)29-39(4,5)28-36(45)47-26-27-49(11,12)13/h31-35,38H,2,14-29H2,1,3-13H3/t31-,32?,33?,34?,35-,38?,41-,42+,43+,44+/m0/s1. The van der Waals surface area contributed by atoms with Crippen molar-refractivity contribution in [2.75, 3.05) is 6.61 Å². The minimum Gasteiger partial charge on any atom is -0.466 e. The van der Waals surface area contributed by atoms with E-state index in [9.17, 15) is 9.59 Å². The predicted molar refractivity (Wildman–Crippen MR) is 206 cm³/mol. The highest BCUT2D eigenvalue weighted by Gasteiger charge is 2.71. The molecule has 0 heterocycles. The molecule has 0 aromatic rings. The van der Waals surface area contributed by atoms with Crippen molar-refractivity contribution in [3.63, 3.8) is 0 Å². The van der Waals surface area contributed by atoms with Crippen molar-refractivity contribution in [3.05, 3.63) is 12.2 Å². The van der Waals surface area contributed by atoms with Gasteiger partial charge in [-0.05, 0) is 140 Å². The highest BCUT2D eigenvalue weighted by atomic mass is 28.3. The summed E-state index contributed by atoms with van der Waals surface area (Å²) in [4.78, 5) is 26.2. The maximum absolute atomic E-state index is 13.5. The number of fused-ring (bicyclic) bond motifs is 7. The van der Waals surface area contributed by atoms with Crippen LogP contribution in [0.25, 0.3) is 0 Å². The molecule has 0 N–H and O–H groups in total. The largest absolute Gasteiger partial charge is 0.466 e. The summed E-state index contributed by atoms with van der Waals surface area (Å²) in [6.45, 7) is 33.6. The fourth-order valence-corrected chi connectivity index (χ4v) is 14.7. The van der Waals surface area contributed by atoms with Crippen LogP contribution in [0.1, 0.15) is 152 Å². The van der Waals surface area contributed by atoms with Gasteiger partial charge in [-0.3, -0.25) is 9.59 Å². The second-order valence-corrected chi connectivity index (χ2v) is 27.3. The number of carbonyl (C=O) groups is 2. The summed E-state index contributed by atoms with van der Waals surface area (Å²) in [5.41, 5.74) is 2.39. The van der Waals surface area contributed by atoms with Crippen molar-refractivity contribution in [1.29, 1.82) is 0 Å². The first-order valence-electron chi connectivity index (χ1n) is 20.6. The molecule has 0 radical (unpaired) electrons. The number of rotatable bonds is 11. The van der Waals surface area contributed by atoms with Crippen LogP contribution in [0.5, 0.6) is 0 Å². The molecule has 4 nitrogen and oxygen atoms in total. The Kier molecular flexibility index (Phi) is 10.7. The molecular weight excluding hydrogens is 621 g/mol. The van der Waals surface area contributed by atoms with Crippen molar-refractivity contribution >= 4 is 20.0 Å². The second kappa shape index (κ2) is 13.4. The molecule has 280 valence electrons. The molecule has 5 aliphatic rings. The van der Waals surface area contributed by atoms with Crippen LogP contribution in [0.2, 0.25) is 25.7 Å². The van der Waals surface area contributed by atoms with Gasteiger partial charge in [0.15, 0.2) is 0 Å². The van der Waals surface area contributed by atoms with Crippen molar-refractivity contribution < 1.29 is 19.1 Å². The number of allylic oxidation sites excluding steroid dienone is 1. The van der Waals surface area contributed by atoms with E-state index in [4.69, 9.17) is 9.47 Å². The first-order valence-corrected chi connectivity index (χ1v) is 24.3. The van der Waals surface area contributed by atoms with Gasteiger partial charge >= 0.3 is 11.9 Å². The zero-order chi connectivity index (χ0) is 36.4. The summed E-state index contributed by atoms with van der Waals surface area (Å²) in [7, 11) is -1.26.